The van der Waals surface area contributed by atoms with Gasteiger partial charge in [0.25, 0.3) is 0 Å². The predicted octanol–water partition coefficient (Wildman–Crippen LogP) is 3.80. The van der Waals surface area contributed by atoms with Crippen LogP contribution in [0.25, 0.3) is 0 Å². The molecule has 0 bridgehead atoms. The molecule has 0 unspecified atom stereocenters. The Morgan fingerprint density at radius 2 is 1.64 bits per heavy atom. The quantitative estimate of drug-likeness (QED) is 0.453. The molecule has 0 aliphatic carbocycles. The van der Waals surface area contributed by atoms with Crippen LogP contribution >= 0.6 is 0 Å². The number of alkyl carbamates (subject to hydrolysis) is 1. The molecule has 0 spiro atoms. The van der Waals surface area contributed by atoms with Gasteiger partial charge in [0.2, 0.25) is 0 Å². The largest absolute Gasteiger partial charge is 0.460 e. The highest BCUT2D eigenvalue weighted by atomic mass is 16.7. The van der Waals surface area contributed by atoms with Crippen LogP contribution in [-0.4, -0.2) is 43.2 Å². The van der Waals surface area contributed by atoms with Crippen LogP contribution in [0, 0.1) is 0 Å². The molecule has 0 fully saturated rings. The van der Waals surface area contributed by atoms with E-state index < -0.39 is 30.0 Å². The average Bonchev–Trinajstić information content (AvgIpc) is 2.59. The summed E-state index contributed by atoms with van der Waals surface area (Å²) in [4.78, 5) is 24.5. The normalized spacial score (nSPS) is 12.5. The average molecular weight is 395 g/mol. The highest BCUT2D eigenvalue weighted by molar-refractivity contribution is 5.73. The molecule has 7 nitrogen and oxygen atoms in total. The second kappa shape index (κ2) is 12.4. The van der Waals surface area contributed by atoms with Crippen molar-refractivity contribution in [2.45, 2.75) is 72.0 Å². The molecule has 7 heteroatoms. The molecule has 28 heavy (non-hydrogen) atoms. The van der Waals surface area contributed by atoms with E-state index >= 15 is 0 Å². The number of benzene rings is 1. The monoisotopic (exact) mass is 395 g/mol. The summed E-state index contributed by atoms with van der Waals surface area (Å²) in [6.07, 6.45) is -0.837. The highest BCUT2D eigenvalue weighted by Gasteiger charge is 2.25. The maximum atomic E-state index is 12.2. The number of amides is 1. The van der Waals surface area contributed by atoms with Crippen LogP contribution in [0.1, 0.15) is 53.0 Å². The van der Waals surface area contributed by atoms with Gasteiger partial charge in [0.1, 0.15) is 12.2 Å². The molecule has 1 amide bonds. The minimum atomic E-state index is -0.607. The molecule has 0 heterocycles. The Hall–Kier alpha value is -2.12. The van der Waals surface area contributed by atoms with Gasteiger partial charge in [-0.25, -0.2) is 4.79 Å². The first kappa shape index (κ1) is 23.9. The molecule has 1 rings (SSSR count). The zero-order valence-corrected chi connectivity index (χ0v) is 17.5. The van der Waals surface area contributed by atoms with Gasteiger partial charge in [-0.1, -0.05) is 30.3 Å². The van der Waals surface area contributed by atoms with E-state index in [1.54, 1.807) is 20.8 Å². The van der Waals surface area contributed by atoms with E-state index in [1.807, 2.05) is 44.2 Å². The molecule has 1 aromatic carbocycles. The van der Waals surface area contributed by atoms with Crippen molar-refractivity contribution in [3.8, 4) is 0 Å². The fraction of sp³-hybridized carbons (Fsp3) is 0.619. The second-order valence-electron chi connectivity index (χ2n) is 7.27. The summed E-state index contributed by atoms with van der Waals surface area (Å²) in [6, 6.07) is 8.83. The standard InChI is InChI=1S/C21H33NO6/c1-6-25-19(26-7-2)14-17(13-18(23)28-21(3,4)5)22-20(24)27-15-16-11-9-8-10-12-16/h8-12,17,19H,6-7,13-15H2,1-5H3,(H,22,24)/t17-/m0/s1. The van der Waals surface area contributed by atoms with Crippen molar-refractivity contribution in [2.75, 3.05) is 13.2 Å². The second-order valence-corrected chi connectivity index (χ2v) is 7.27. The van der Waals surface area contributed by atoms with Crippen LogP contribution in [-0.2, 0) is 30.3 Å². The van der Waals surface area contributed by atoms with E-state index in [0.717, 1.165) is 5.56 Å². The van der Waals surface area contributed by atoms with Gasteiger partial charge in [-0.05, 0) is 40.2 Å². The van der Waals surface area contributed by atoms with Gasteiger partial charge in [0, 0.05) is 25.7 Å². The zero-order valence-electron chi connectivity index (χ0n) is 17.5. The van der Waals surface area contributed by atoms with Crippen LogP contribution in [0.15, 0.2) is 30.3 Å². The molecule has 1 atom stereocenters. The lowest BCUT2D eigenvalue weighted by Gasteiger charge is -2.25. The summed E-state index contributed by atoms with van der Waals surface area (Å²) in [5.41, 5.74) is 0.275. The van der Waals surface area contributed by atoms with Gasteiger partial charge in [-0.2, -0.15) is 0 Å². The first-order chi connectivity index (χ1) is 13.2. The van der Waals surface area contributed by atoms with Crippen LogP contribution in [0.2, 0.25) is 0 Å². The highest BCUT2D eigenvalue weighted by Crippen LogP contribution is 2.14. The van der Waals surface area contributed by atoms with E-state index in [4.69, 9.17) is 18.9 Å². The van der Waals surface area contributed by atoms with E-state index in [-0.39, 0.29) is 13.0 Å². The smallest absolute Gasteiger partial charge is 0.407 e. The van der Waals surface area contributed by atoms with Crippen LogP contribution in [0.4, 0.5) is 4.79 Å². The van der Waals surface area contributed by atoms with Gasteiger partial charge in [0.05, 0.1) is 6.42 Å². The van der Waals surface area contributed by atoms with E-state index in [1.165, 1.54) is 0 Å². The summed E-state index contributed by atoms with van der Waals surface area (Å²) < 4.78 is 21.7. The van der Waals surface area contributed by atoms with Gasteiger partial charge in [-0.3, -0.25) is 4.79 Å². The number of ether oxygens (including phenoxy) is 4. The first-order valence-electron chi connectivity index (χ1n) is 9.65. The molecule has 1 N–H and O–H groups in total. The fourth-order valence-electron chi connectivity index (χ4n) is 2.50. The summed E-state index contributed by atoms with van der Waals surface area (Å²) in [7, 11) is 0. The van der Waals surface area contributed by atoms with E-state index in [2.05, 4.69) is 5.32 Å². The molecule has 0 aliphatic rings. The number of nitrogens with one attached hydrogen (secondary N) is 1. The van der Waals surface area contributed by atoms with Crippen molar-refractivity contribution in [1.82, 2.24) is 5.32 Å². The summed E-state index contributed by atoms with van der Waals surface area (Å²) in [5.74, 6) is -0.410. The van der Waals surface area contributed by atoms with Crippen molar-refractivity contribution in [3.05, 3.63) is 35.9 Å². The Morgan fingerprint density at radius 1 is 1.04 bits per heavy atom. The predicted molar refractivity (Wildman–Crippen MR) is 106 cm³/mol. The number of esters is 1. The minimum Gasteiger partial charge on any atom is -0.460 e. The SMILES string of the molecule is CCOC(C[C@H](CC(=O)OC(C)(C)C)NC(=O)OCc1ccccc1)OCC. The van der Waals surface area contributed by atoms with Gasteiger partial charge in [-0.15, -0.1) is 0 Å². The molecule has 158 valence electrons. The van der Waals surface area contributed by atoms with Crippen LogP contribution in [0.5, 0.6) is 0 Å². The van der Waals surface area contributed by atoms with Crippen molar-refractivity contribution < 1.29 is 28.5 Å². The summed E-state index contributed by atoms with van der Waals surface area (Å²) in [5, 5.41) is 2.73. The maximum Gasteiger partial charge on any atom is 0.407 e. The molecule has 0 saturated heterocycles. The van der Waals surface area contributed by atoms with Crippen LogP contribution < -0.4 is 5.32 Å². The topological polar surface area (TPSA) is 83.1 Å². The Morgan fingerprint density at radius 3 is 2.18 bits per heavy atom. The number of hydrogen-bond donors (Lipinski definition) is 1. The molecule has 0 aliphatic heterocycles. The minimum absolute atomic E-state index is 0.00560. The van der Waals surface area contributed by atoms with Crippen LogP contribution in [0.3, 0.4) is 0 Å². The molecule has 1 aromatic rings. The van der Waals surface area contributed by atoms with Crippen molar-refractivity contribution >= 4 is 12.1 Å². The third-order valence-corrected chi connectivity index (χ3v) is 3.55. The van der Waals surface area contributed by atoms with E-state index in [0.29, 0.717) is 19.6 Å². The van der Waals surface area contributed by atoms with Crippen molar-refractivity contribution in [1.29, 1.82) is 0 Å². The number of hydrogen-bond acceptors (Lipinski definition) is 6. The molecule has 0 aromatic heterocycles. The Labute approximate surface area is 167 Å². The summed E-state index contributed by atoms with van der Waals surface area (Å²) in [6.45, 7) is 10.2. The molecular weight excluding hydrogens is 362 g/mol. The lowest BCUT2D eigenvalue weighted by atomic mass is 10.1. The van der Waals surface area contributed by atoms with Crippen molar-refractivity contribution in [3.63, 3.8) is 0 Å². The Kier molecular flexibility index (Phi) is 10.6. The zero-order chi connectivity index (χ0) is 21.0. The first-order valence-corrected chi connectivity index (χ1v) is 9.65. The summed E-state index contributed by atoms with van der Waals surface area (Å²) >= 11 is 0. The number of carbonyl (C=O) groups excluding carboxylic acids is 2. The van der Waals surface area contributed by atoms with E-state index in [9.17, 15) is 9.59 Å². The Bertz CT molecular complexity index is 578. The van der Waals surface area contributed by atoms with Gasteiger partial charge < -0.3 is 24.3 Å². The van der Waals surface area contributed by atoms with Gasteiger partial charge >= 0.3 is 12.1 Å². The molecule has 0 saturated carbocycles. The number of rotatable bonds is 11. The fourth-order valence-corrected chi connectivity index (χ4v) is 2.50. The molecule has 0 radical (unpaired) electrons. The Balaban J connectivity index is 2.68. The third-order valence-electron chi connectivity index (χ3n) is 3.55. The van der Waals surface area contributed by atoms with Crippen molar-refractivity contribution in [2.24, 2.45) is 0 Å². The lowest BCUT2D eigenvalue weighted by Crippen LogP contribution is -2.41. The third kappa shape index (κ3) is 10.9. The number of carbonyl (C=O) groups is 2. The lowest BCUT2D eigenvalue weighted by molar-refractivity contribution is -0.158. The molecular formula is C21H33NO6. The maximum absolute atomic E-state index is 12.2. The van der Waals surface area contributed by atoms with Gasteiger partial charge in [0.15, 0.2) is 6.29 Å².